The van der Waals surface area contributed by atoms with Crippen LogP contribution in [-0.2, 0) is 16.2 Å². The summed E-state index contributed by atoms with van der Waals surface area (Å²) < 4.78 is 69.8. The van der Waals surface area contributed by atoms with Crippen LogP contribution in [0.3, 0.4) is 0 Å². The molecular formula is C15H10F3NO3S. The summed E-state index contributed by atoms with van der Waals surface area (Å²) in [5, 5.41) is 0.216. The van der Waals surface area contributed by atoms with E-state index in [1.807, 2.05) is 0 Å². The standard InChI is InChI=1S/C15H10F3NO3S/c16-15(17,18)11-5-3-6-12(9-11)19-23(20,21)14-8-10-4-1-2-7-13(10)22-14/h1-9,19H. The van der Waals surface area contributed by atoms with Crippen molar-refractivity contribution in [2.75, 3.05) is 4.72 Å². The van der Waals surface area contributed by atoms with Gasteiger partial charge < -0.3 is 4.42 Å². The Hall–Kier alpha value is -2.48. The van der Waals surface area contributed by atoms with Gasteiger partial charge in [0.1, 0.15) is 5.58 Å². The van der Waals surface area contributed by atoms with E-state index in [1.54, 1.807) is 24.3 Å². The molecule has 1 N–H and O–H groups in total. The van der Waals surface area contributed by atoms with Gasteiger partial charge in [0.2, 0.25) is 5.09 Å². The molecule has 0 unspecified atom stereocenters. The van der Waals surface area contributed by atoms with Crippen LogP contribution in [0.4, 0.5) is 18.9 Å². The second kappa shape index (κ2) is 5.31. The molecule has 4 nitrogen and oxygen atoms in total. The highest BCUT2D eigenvalue weighted by atomic mass is 32.2. The summed E-state index contributed by atoms with van der Waals surface area (Å²) in [6, 6.07) is 11.9. The van der Waals surface area contributed by atoms with Crippen molar-refractivity contribution >= 4 is 26.7 Å². The van der Waals surface area contributed by atoms with Crippen LogP contribution in [0.5, 0.6) is 0 Å². The highest BCUT2D eigenvalue weighted by molar-refractivity contribution is 7.92. The fourth-order valence-electron chi connectivity index (χ4n) is 2.05. The molecule has 0 aliphatic carbocycles. The number of nitrogens with one attached hydrogen (secondary N) is 1. The first-order chi connectivity index (χ1) is 10.8. The Morgan fingerprint density at radius 2 is 1.70 bits per heavy atom. The average Bonchev–Trinajstić information content (AvgIpc) is 2.91. The molecule has 8 heteroatoms. The highest BCUT2D eigenvalue weighted by Gasteiger charge is 2.31. The minimum absolute atomic E-state index is 0.194. The van der Waals surface area contributed by atoms with E-state index in [0.29, 0.717) is 11.0 Å². The lowest BCUT2D eigenvalue weighted by atomic mass is 10.2. The molecule has 0 amide bonds. The summed E-state index contributed by atoms with van der Waals surface area (Å²) in [4.78, 5) is 0. The predicted octanol–water partition coefficient (Wildman–Crippen LogP) is 4.25. The molecule has 0 bridgehead atoms. The van der Waals surface area contributed by atoms with Crippen LogP contribution >= 0.6 is 0 Å². The molecule has 0 saturated carbocycles. The van der Waals surface area contributed by atoms with Crippen LogP contribution < -0.4 is 4.72 Å². The van der Waals surface area contributed by atoms with Crippen LogP contribution in [0.15, 0.2) is 64.1 Å². The van der Waals surface area contributed by atoms with E-state index in [2.05, 4.69) is 4.72 Å². The Morgan fingerprint density at radius 1 is 0.957 bits per heavy atom. The first-order valence-electron chi connectivity index (χ1n) is 6.44. The van der Waals surface area contributed by atoms with Crippen molar-refractivity contribution in [1.29, 1.82) is 0 Å². The highest BCUT2D eigenvalue weighted by Crippen LogP contribution is 2.31. The second-order valence-electron chi connectivity index (χ2n) is 4.79. The van der Waals surface area contributed by atoms with E-state index >= 15 is 0 Å². The third kappa shape index (κ3) is 3.16. The molecule has 0 saturated heterocycles. The number of furan rings is 1. The van der Waals surface area contributed by atoms with Crippen LogP contribution in [0.25, 0.3) is 11.0 Å². The van der Waals surface area contributed by atoms with Gasteiger partial charge >= 0.3 is 6.18 Å². The molecular weight excluding hydrogens is 331 g/mol. The molecule has 0 aliphatic heterocycles. The quantitative estimate of drug-likeness (QED) is 0.775. The van der Waals surface area contributed by atoms with E-state index < -0.39 is 21.8 Å². The molecule has 0 spiro atoms. The van der Waals surface area contributed by atoms with Crippen molar-refractivity contribution in [1.82, 2.24) is 0 Å². The molecule has 0 radical (unpaired) electrons. The Bertz CT molecular complexity index is 928. The zero-order valence-electron chi connectivity index (χ0n) is 11.5. The fourth-order valence-corrected chi connectivity index (χ4v) is 3.07. The summed E-state index contributed by atoms with van der Waals surface area (Å²) in [5.41, 5.74) is -0.764. The number of para-hydroxylation sites is 1. The Labute approximate surface area is 129 Å². The number of anilines is 1. The van der Waals surface area contributed by atoms with Crippen molar-refractivity contribution in [3.63, 3.8) is 0 Å². The largest absolute Gasteiger partial charge is 0.443 e. The zero-order chi connectivity index (χ0) is 16.7. The van der Waals surface area contributed by atoms with Gasteiger partial charge in [-0.2, -0.15) is 21.6 Å². The SMILES string of the molecule is O=S(=O)(Nc1cccc(C(F)(F)F)c1)c1cc2ccccc2o1. The van der Waals surface area contributed by atoms with Gasteiger partial charge in [-0.1, -0.05) is 24.3 Å². The first kappa shape index (κ1) is 15.4. The molecule has 3 aromatic rings. The summed E-state index contributed by atoms with van der Waals surface area (Å²) in [7, 11) is -4.12. The lowest BCUT2D eigenvalue weighted by Crippen LogP contribution is -2.13. The normalized spacial score (nSPS) is 12.5. The van der Waals surface area contributed by atoms with E-state index in [1.165, 1.54) is 12.1 Å². The predicted molar refractivity (Wildman–Crippen MR) is 78.5 cm³/mol. The molecule has 1 heterocycles. The van der Waals surface area contributed by atoms with Crippen LogP contribution in [0.2, 0.25) is 0 Å². The number of sulfonamides is 1. The van der Waals surface area contributed by atoms with Gasteiger partial charge in [0.25, 0.3) is 10.0 Å². The van der Waals surface area contributed by atoms with Crippen molar-refractivity contribution < 1.29 is 26.0 Å². The van der Waals surface area contributed by atoms with Crippen molar-refractivity contribution in [3.05, 3.63) is 60.2 Å². The second-order valence-corrected chi connectivity index (χ2v) is 6.40. The summed E-state index contributed by atoms with van der Waals surface area (Å²) in [6.07, 6.45) is -4.55. The van der Waals surface area contributed by atoms with Crippen LogP contribution in [-0.4, -0.2) is 8.42 Å². The molecule has 1 aromatic heterocycles. The molecule has 0 aliphatic rings. The number of hydrogen-bond acceptors (Lipinski definition) is 3. The van der Waals surface area contributed by atoms with Gasteiger partial charge in [-0.15, -0.1) is 0 Å². The van der Waals surface area contributed by atoms with Gasteiger partial charge in [-0.25, -0.2) is 0 Å². The number of fused-ring (bicyclic) bond motifs is 1. The Kier molecular flexibility index (Phi) is 3.56. The molecule has 3 rings (SSSR count). The van der Waals surface area contributed by atoms with Crippen molar-refractivity contribution in [2.24, 2.45) is 0 Å². The van der Waals surface area contributed by atoms with Crippen LogP contribution in [0, 0.1) is 0 Å². The van der Waals surface area contributed by atoms with E-state index in [4.69, 9.17) is 4.42 Å². The maximum absolute atomic E-state index is 12.7. The average molecular weight is 341 g/mol. The molecule has 120 valence electrons. The third-order valence-electron chi connectivity index (χ3n) is 3.11. The fraction of sp³-hybridized carbons (Fsp3) is 0.0667. The Balaban J connectivity index is 1.95. The third-order valence-corrected chi connectivity index (χ3v) is 4.35. The maximum Gasteiger partial charge on any atom is 0.416 e. The zero-order valence-corrected chi connectivity index (χ0v) is 12.3. The first-order valence-corrected chi connectivity index (χ1v) is 7.93. The lowest BCUT2D eigenvalue weighted by Gasteiger charge is -2.10. The maximum atomic E-state index is 12.7. The number of benzene rings is 2. The van der Waals surface area contributed by atoms with E-state index in [9.17, 15) is 21.6 Å². The number of halogens is 3. The number of hydrogen-bond donors (Lipinski definition) is 1. The van der Waals surface area contributed by atoms with Gasteiger partial charge in [-0.3, -0.25) is 4.72 Å². The molecule has 23 heavy (non-hydrogen) atoms. The van der Waals surface area contributed by atoms with Gasteiger partial charge in [0.15, 0.2) is 0 Å². The smallest absolute Gasteiger partial charge is 0.416 e. The molecule has 2 aromatic carbocycles. The van der Waals surface area contributed by atoms with Gasteiger partial charge in [0.05, 0.1) is 5.56 Å². The monoisotopic (exact) mass is 341 g/mol. The Morgan fingerprint density at radius 3 is 2.39 bits per heavy atom. The number of rotatable bonds is 3. The van der Waals surface area contributed by atoms with E-state index in [-0.39, 0.29) is 10.8 Å². The lowest BCUT2D eigenvalue weighted by molar-refractivity contribution is -0.137. The van der Waals surface area contributed by atoms with E-state index in [0.717, 1.165) is 18.2 Å². The van der Waals surface area contributed by atoms with Gasteiger partial charge in [0, 0.05) is 17.1 Å². The number of alkyl halides is 3. The van der Waals surface area contributed by atoms with Crippen LogP contribution in [0.1, 0.15) is 5.56 Å². The summed E-state index contributed by atoms with van der Waals surface area (Å²) in [6.45, 7) is 0. The molecule has 0 atom stereocenters. The summed E-state index contributed by atoms with van der Waals surface area (Å²) in [5.74, 6) is 0. The minimum atomic E-state index is -4.55. The van der Waals surface area contributed by atoms with Gasteiger partial charge in [-0.05, 0) is 24.3 Å². The minimum Gasteiger partial charge on any atom is -0.443 e. The topological polar surface area (TPSA) is 59.3 Å². The molecule has 0 fully saturated rings. The van der Waals surface area contributed by atoms with Crippen molar-refractivity contribution in [3.8, 4) is 0 Å². The summed E-state index contributed by atoms with van der Waals surface area (Å²) >= 11 is 0. The van der Waals surface area contributed by atoms with Crippen molar-refractivity contribution in [2.45, 2.75) is 11.3 Å².